The lowest BCUT2D eigenvalue weighted by Crippen LogP contribution is -2.31. The van der Waals surface area contributed by atoms with Gasteiger partial charge in [0.1, 0.15) is 0 Å². The predicted octanol–water partition coefficient (Wildman–Crippen LogP) is 0.255. The van der Waals surface area contributed by atoms with Crippen molar-refractivity contribution in [3.05, 3.63) is 0 Å². The summed E-state index contributed by atoms with van der Waals surface area (Å²) in [7, 11) is 1.42. The Morgan fingerprint density at radius 3 is 2.71 bits per heavy atom. The van der Waals surface area contributed by atoms with E-state index in [4.69, 9.17) is 0 Å². The molecule has 0 aromatic carbocycles. The Morgan fingerprint density at radius 1 is 1.64 bits per heavy atom. The van der Waals surface area contributed by atoms with Crippen LogP contribution in [0.3, 0.4) is 0 Å². The Hall–Kier alpha value is -1.24. The lowest BCUT2D eigenvalue weighted by atomic mass is 10.2. The first-order chi connectivity index (χ1) is 6.45. The molecule has 1 aliphatic rings. The number of amides is 2. The zero-order chi connectivity index (χ0) is 10.8. The molecule has 1 fully saturated rings. The smallest absolute Gasteiger partial charge is 0.323 e. The van der Waals surface area contributed by atoms with E-state index in [1.165, 1.54) is 18.8 Å². The number of carbonyl (C=O) groups is 2. The average Bonchev–Trinajstić information content (AvgIpc) is 2.37. The molecule has 1 rings (SSSR count). The first kappa shape index (κ1) is 10.8. The van der Waals surface area contributed by atoms with E-state index >= 15 is 0 Å². The highest BCUT2D eigenvalue weighted by atomic mass is 32.2. The van der Waals surface area contributed by atoms with Crippen LogP contribution in [0.5, 0.6) is 0 Å². The van der Waals surface area contributed by atoms with Gasteiger partial charge in [-0.2, -0.15) is 0 Å². The topological polar surface area (TPSA) is 79.8 Å². The zero-order valence-electron chi connectivity index (χ0n) is 8.08. The summed E-state index contributed by atoms with van der Waals surface area (Å²) in [5.74, 6) is -0.151. The van der Waals surface area contributed by atoms with E-state index in [-0.39, 0.29) is 5.91 Å². The van der Waals surface area contributed by atoms with E-state index < -0.39 is 10.8 Å². The minimum Gasteiger partial charge on any atom is -0.323 e. The van der Waals surface area contributed by atoms with Gasteiger partial charge in [-0.05, 0) is 19.0 Å². The number of rotatable bonds is 1. The Morgan fingerprint density at radius 2 is 2.29 bits per heavy atom. The van der Waals surface area contributed by atoms with Gasteiger partial charge in [0.05, 0.1) is 4.75 Å². The number of hydrogen-bond acceptors (Lipinski definition) is 5. The molecule has 0 spiro atoms. The first-order valence-electron chi connectivity index (χ1n) is 3.93. The fourth-order valence-electron chi connectivity index (χ4n) is 0.731. The van der Waals surface area contributed by atoms with Crippen molar-refractivity contribution in [3.63, 3.8) is 0 Å². The van der Waals surface area contributed by atoms with Gasteiger partial charge in [-0.25, -0.2) is 4.79 Å². The van der Waals surface area contributed by atoms with Gasteiger partial charge < -0.3 is 10.6 Å². The van der Waals surface area contributed by atoms with Crippen LogP contribution in [0.4, 0.5) is 4.79 Å². The van der Waals surface area contributed by atoms with Gasteiger partial charge in [-0.15, -0.1) is 0 Å². The molecule has 0 unspecified atom stereocenters. The van der Waals surface area contributed by atoms with Crippen LogP contribution in [0.2, 0.25) is 0 Å². The number of nitrogens with zero attached hydrogens (tertiary/aromatic N) is 1. The van der Waals surface area contributed by atoms with Crippen molar-refractivity contribution in [1.82, 2.24) is 10.6 Å². The van der Waals surface area contributed by atoms with Crippen LogP contribution >= 0.6 is 11.8 Å². The third-order valence-electron chi connectivity index (χ3n) is 1.53. The first-order valence-corrected chi connectivity index (χ1v) is 4.74. The van der Waals surface area contributed by atoms with Crippen LogP contribution in [0.25, 0.3) is 0 Å². The molecule has 1 aliphatic heterocycles. The maximum atomic E-state index is 11.3. The van der Waals surface area contributed by atoms with Gasteiger partial charge in [0, 0.05) is 7.05 Å². The standard InChI is InChI=1S/C7H11N3O3S/c1-7(2)4(11)9-5(14-7)10-13-6(12)8-3/h1-3H3,(H,8,12)(H,9,10,11). The molecular formula is C7H11N3O3S. The molecular weight excluding hydrogens is 206 g/mol. The highest BCUT2D eigenvalue weighted by molar-refractivity contribution is 8.16. The highest BCUT2D eigenvalue weighted by Gasteiger charge is 2.38. The average molecular weight is 217 g/mol. The molecule has 0 saturated carbocycles. The Bertz CT molecular complexity index is 301. The van der Waals surface area contributed by atoms with Crippen LogP contribution in [0.15, 0.2) is 5.16 Å². The lowest BCUT2D eigenvalue weighted by Gasteiger charge is -2.08. The number of oxime groups is 1. The molecule has 1 heterocycles. The van der Waals surface area contributed by atoms with Crippen LogP contribution < -0.4 is 10.6 Å². The largest absolute Gasteiger partial charge is 0.433 e. The van der Waals surface area contributed by atoms with E-state index in [1.807, 2.05) is 0 Å². The molecule has 2 amide bonds. The monoisotopic (exact) mass is 217 g/mol. The summed E-state index contributed by atoms with van der Waals surface area (Å²) in [5, 5.41) is 8.49. The zero-order valence-corrected chi connectivity index (χ0v) is 8.90. The Labute approximate surface area is 85.4 Å². The van der Waals surface area contributed by atoms with Crippen molar-refractivity contribution >= 4 is 28.9 Å². The van der Waals surface area contributed by atoms with E-state index in [1.54, 1.807) is 13.8 Å². The normalized spacial score (nSPS) is 21.9. The van der Waals surface area contributed by atoms with Crippen LogP contribution in [0.1, 0.15) is 13.8 Å². The molecule has 0 aromatic heterocycles. The number of thioether (sulfide) groups is 1. The SMILES string of the molecule is CNC(=O)ON=C1NC(=O)C(C)(C)S1. The number of carbonyl (C=O) groups excluding carboxylic acids is 2. The molecule has 14 heavy (non-hydrogen) atoms. The van der Waals surface area contributed by atoms with Crippen molar-refractivity contribution in [2.45, 2.75) is 18.6 Å². The molecule has 2 N–H and O–H groups in total. The van der Waals surface area contributed by atoms with E-state index in [2.05, 4.69) is 20.6 Å². The molecule has 7 heteroatoms. The molecule has 0 bridgehead atoms. The summed E-state index contributed by atoms with van der Waals surface area (Å²) in [5.41, 5.74) is 0. The maximum Gasteiger partial charge on any atom is 0.433 e. The van der Waals surface area contributed by atoms with Crippen LogP contribution in [-0.4, -0.2) is 29.0 Å². The van der Waals surface area contributed by atoms with E-state index in [0.29, 0.717) is 5.17 Å². The van der Waals surface area contributed by atoms with Crippen molar-refractivity contribution < 1.29 is 14.4 Å². The molecule has 78 valence electrons. The Kier molecular flexibility index (Phi) is 3.00. The summed E-state index contributed by atoms with van der Waals surface area (Å²) in [6.07, 6.45) is -0.669. The molecule has 1 saturated heterocycles. The van der Waals surface area contributed by atoms with Gasteiger partial charge in [0.15, 0.2) is 0 Å². The summed E-state index contributed by atoms with van der Waals surface area (Å²) in [4.78, 5) is 26.3. The second kappa shape index (κ2) is 3.87. The fourth-order valence-corrected chi connectivity index (χ4v) is 1.58. The molecule has 0 aliphatic carbocycles. The van der Waals surface area contributed by atoms with Crippen molar-refractivity contribution in [3.8, 4) is 0 Å². The number of hydrogen-bond donors (Lipinski definition) is 2. The minimum atomic E-state index is -0.669. The lowest BCUT2D eigenvalue weighted by molar-refractivity contribution is -0.120. The molecule has 0 aromatic rings. The second-order valence-electron chi connectivity index (χ2n) is 3.09. The van der Waals surface area contributed by atoms with Crippen molar-refractivity contribution in [1.29, 1.82) is 0 Å². The van der Waals surface area contributed by atoms with E-state index in [9.17, 15) is 9.59 Å². The molecule has 0 radical (unpaired) electrons. The predicted molar refractivity (Wildman–Crippen MR) is 52.8 cm³/mol. The highest BCUT2D eigenvalue weighted by Crippen LogP contribution is 2.30. The van der Waals surface area contributed by atoms with Crippen molar-refractivity contribution in [2.24, 2.45) is 5.16 Å². The third kappa shape index (κ3) is 2.38. The maximum absolute atomic E-state index is 11.3. The van der Waals surface area contributed by atoms with E-state index in [0.717, 1.165) is 0 Å². The van der Waals surface area contributed by atoms with Gasteiger partial charge in [0.25, 0.3) is 0 Å². The second-order valence-corrected chi connectivity index (χ2v) is 4.70. The van der Waals surface area contributed by atoms with Crippen LogP contribution in [-0.2, 0) is 9.63 Å². The summed E-state index contributed by atoms with van der Waals surface area (Å²) >= 11 is 1.21. The van der Waals surface area contributed by atoms with Crippen LogP contribution in [0, 0.1) is 0 Å². The van der Waals surface area contributed by atoms with Crippen molar-refractivity contribution in [2.75, 3.05) is 7.05 Å². The molecule has 0 atom stereocenters. The minimum absolute atomic E-state index is 0.151. The fraction of sp³-hybridized carbons (Fsp3) is 0.571. The third-order valence-corrected chi connectivity index (χ3v) is 2.60. The van der Waals surface area contributed by atoms with Gasteiger partial charge >= 0.3 is 6.09 Å². The van der Waals surface area contributed by atoms with Gasteiger partial charge in [-0.1, -0.05) is 11.8 Å². The summed E-state index contributed by atoms with van der Waals surface area (Å²) in [6.45, 7) is 3.52. The quantitative estimate of drug-likeness (QED) is 0.487. The summed E-state index contributed by atoms with van der Waals surface area (Å²) in [6, 6.07) is 0. The summed E-state index contributed by atoms with van der Waals surface area (Å²) < 4.78 is -0.565. The molecule has 6 nitrogen and oxygen atoms in total. The van der Waals surface area contributed by atoms with Gasteiger partial charge in [0.2, 0.25) is 11.1 Å². The number of amidine groups is 1. The van der Waals surface area contributed by atoms with Gasteiger partial charge in [-0.3, -0.25) is 9.63 Å². The number of nitrogens with one attached hydrogen (secondary N) is 2. The Balaban J connectivity index is 2.57.